The molecule has 5 nitrogen and oxygen atoms in total. The largest absolute Gasteiger partial charge is 0.424 e. The minimum Gasteiger partial charge on any atom is -0.261 e. The maximum Gasteiger partial charge on any atom is 0.424 e. The summed E-state index contributed by atoms with van der Waals surface area (Å²) >= 11 is 12.1. The number of halogens is 2. The SMILES string of the molecule is O=[N+]([O-])C(Cl)(Cl)c1nnc(-c2ccccc2)s1. The van der Waals surface area contributed by atoms with Crippen LogP contribution in [-0.2, 0) is 4.46 Å². The average Bonchev–Trinajstić information content (AvgIpc) is 2.80. The Balaban J connectivity index is 2.38. The molecule has 8 heteroatoms. The Morgan fingerprint density at radius 1 is 1.24 bits per heavy atom. The molecular formula is C9H5Cl2N3O2S. The molecule has 0 saturated heterocycles. The van der Waals surface area contributed by atoms with Crippen molar-refractivity contribution in [1.82, 2.24) is 10.2 Å². The fourth-order valence-corrected chi connectivity index (χ4v) is 2.23. The quantitative estimate of drug-likeness (QED) is 0.377. The van der Waals surface area contributed by atoms with Gasteiger partial charge in [-0.1, -0.05) is 41.7 Å². The van der Waals surface area contributed by atoms with Crippen LogP contribution >= 0.6 is 34.5 Å². The van der Waals surface area contributed by atoms with E-state index in [0.29, 0.717) is 5.01 Å². The molecule has 1 aromatic heterocycles. The van der Waals surface area contributed by atoms with Crippen molar-refractivity contribution in [2.75, 3.05) is 0 Å². The van der Waals surface area contributed by atoms with Crippen LogP contribution in [0.4, 0.5) is 0 Å². The molecule has 1 aromatic carbocycles. The minimum atomic E-state index is -2.25. The lowest BCUT2D eigenvalue weighted by Gasteiger charge is -2.04. The van der Waals surface area contributed by atoms with Crippen molar-refractivity contribution in [3.8, 4) is 10.6 Å². The van der Waals surface area contributed by atoms with Crippen LogP contribution in [0.1, 0.15) is 5.01 Å². The summed E-state index contributed by atoms with van der Waals surface area (Å²) in [7, 11) is 0. The van der Waals surface area contributed by atoms with Gasteiger partial charge >= 0.3 is 4.46 Å². The molecule has 2 aromatic rings. The van der Waals surface area contributed by atoms with Crippen LogP contribution < -0.4 is 0 Å². The molecule has 0 bridgehead atoms. The van der Waals surface area contributed by atoms with E-state index in [1.165, 1.54) is 0 Å². The van der Waals surface area contributed by atoms with Gasteiger partial charge in [0.15, 0.2) is 0 Å². The van der Waals surface area contributed by atoms with E-state index in [4.69, 9.17) is 23.2 Å². The molecule has 1 heterocycles. The van der Waals surface area contributed by atoms with Crippen LogP contribution in [0.2, 0.25) is 0 Å². The third-order valence-electron chi connectivity index (χ3n) is 1.93. The highest BCUT2D eigenvalue weighted by Crippen LogP contribution is 2.38. The highest BCUT2D eigenvalue weighted by molar-refractivity contribution is 7.15. The molecule has 88 valence electrons. The molecular weight excluding hydrogens is 285 g/mol. The van der Waals surface area contributed by atoms with Crippen molar-refractivity contribution in [2.24, 2.45) is 0 Å². The van der Waals surface area contributed by atoms with Crippen molar-refractivity contribution in [2.45, 2.75) is 4.46 Å². The fraction of sp³-hybridized carbons (Fsp3) is 0.111. The van der Waals surface area contributed by atoms with E-state index in [9.17, 15) is 10.1 Å². The van der Waals surface area contributed by atoms with Crippen LogP contribution in [0.3, 0.4) is 0 Å². The Kier molecular flexibility index (Phi) is 3.28. The van der Waals surface area contributed by atoms with Gasteiger partial charge in [0.05, 0.1) is 4.92 Å². The average molecular weight is 290 g/mol. The van der Waals surface area contributed by atoms with E-state index < -0.39 is 9.38 Å². The highest BCUT2D eigenvalue weighted by Gasteiger charge is 2.44. The van der Waals surface area contributed by atoms with Crippen molar-refractivity contribution >= 4 is 34.5 Å². The molecule has 0 fully saturated rings. The van der Waals surface area contributed by atoms with E-state index in [-0.39, 0.29) is 5.01 Å². The van der Waals surface area contributed by atoms with Gasteiger partial charge < -0.3 is 0 Å². The van der Waals surface area contributed by atoms with Gasteiger partial charge in [-0.3, -0.25) is 10.1 Å². The molecule has 2 rings (SSSR count). The van der Waals surface area contributed by atoms with Gasteiger partial charge in [0.25, 0.3) is 0 Å². The van der Waals surface area contributed by atoms with E-state index >= 15 is 0 Å². The predicted molar refractivity (Wildman–Crippen MR) is 65.7 cm³/mol. The smallest absolute Gasteiger partial charge is 0.261 e. The second-order valence-corrected chi connectivity index (χ2v) is 5.34. The monoisotopic (exact) mass is 289 g/mol. The summed E-state index contributed by atoms with van der Waals surface area (Å²) in [5.41, 5.74) is 0.809. The van der Waals surface area contributed by atoms with Gasteiger partial charge in [0.2, 0.25) is 5.01 Å². The van der Waals surface area contributed by atoms with Crippen LogP contribution in [0.5, 0.6) is 0 Å². The fourth-order valence-electron chi connectivity index (χ4n) is 1.12. The molecule has 17 heavy (non-hydrogen) atoms. The summed E-state index contributed by atoms with van der Waals surface area (Å²) < 4.78 is -2.25. The maximum atomic E-state index is 10.6. The van der Waals surface area contributed by atoms with E-state index in [0.717, 1.165) is 16.9 Å². The topological polar surface area (TPSA) is 68.9 Å². The summed E-state index contributed by atoms with van der Waals surface area (Å²) in [4.78, 5) is 9.83. The maximum absolute atomic E-state index is 10.6. The highest BCUT2D eigenvalue weighted by atomic mass is 35.5. The van der Waals surface area contributed by atoms with Gasteiger partial charge in [0, 0.05) is 5.56 Å². The number of hydrogen-bond donors (Lipinski definition) is 0. The first-order valence-electron chi connectivity index (χ1n) is 4.43. The van der Waals surface area contributed by atoms with Crippen LogP contribution in [0.15, 0.2) is 30.3 Å². The number of rotatable bonds is 3. The van der Waals surface area contributed by atoms with Crippen LogP contribution in [0, 0.1) is 10.1 Å². The van der Waals surface area contributed by atoms with E-state index in [2.05, 4.69) is 10.2 Å². The Morgan fingerprint density at radius 2 is 1.88 bits per heavy atom. The first-order chi connectivity index (χ1) is 8.01. The molecule has 0 spiro atoms. The first-order valence-corrected chi connectivity index (χ1v) is 6.01. The molecule has 0 radical (unpaired) electrons. The normalized spacial score (nSPS) is 11.4. The van der Waals surface area contributed by atoms with Crippen LogP contribution in [-0.4, -0.2) is 15.1 Å². The zero-order valence-electron chi connectivity index (χ0n) is 8.21. The van der Waals surface area contributed by atoms with Gasteiger partial charge in [0.1, 0.15) is 5.01 Å². The third kappa shape index (κ3) is 2.38. The number of alkyl halides is 2. The summed E-state index contributed by atoms with van der Waals surface area (Å²) in [6.07, 6.45) is 0. The number of aromatic nitrogens is 2. The van der Waals surface area contributed by atoms with Crippen molar-refractivity contribution < 1.29 is 4.92 Å². The summed E-state index contributed by atoms with van der Waals surface area (Å²) in [6.45, 7) is 0. The minimum absolute atomic E-state index is 0.0512. The lowest BCUT2D eigenvalue weighted by molar-refractivity contribution is -0.523. The van der Waals surface area contributed by atoms with Crippen molar-refractivity contribution in [3.05, 3.63) is 45.5 Å². The lowest BCUT2D eigenvalue weighted by Crippen LogP contribution is -2.21. The Hall–Kier alpha value is -1.24. The van der Waals surface area contributed by atoms with Gasteiger partial charge in [-0.25, -0.2) is 0 Å². The van der Waals surface area contributed by atoms with Gasteiger partial charge in [-0.2, -0.15) is 0 Å². The third-order valence-corrected chi connectivity index (χ3v) is 3.87. The molecule has 0 atom stereocenters. The summed E-state index contributed by atoms with van der Waals surface area (Å²) in [5, 5.41) is 18.6. The summed E-state index contributed by atoms with van der Waals surface area (Å²) in [6, 6.07) is 9.16. The molecule has 0 aliphatic carbocycles. The number of nitro groups is 1. The van der Waals surface area contributed by atoms with Gasteiger partial charge in [-0.15, -0.1) is 10.2 Å². The standard InChI is InChI=1S/C9H5Cl2N3O2S/c10-9(11,14(15)16)8-13-12-7(17-8)6-4-2-1-3-5-6/h1-5H. The molecule has 0 saturated carbocycles. The molecule has 0 aliphatic rings. The first kappa shape index (κ1) is 12.2. The van der Waals surface area contributed by atoms with Crippen molar-refractivity contribution in [3.63, 3.8) is 0 Å². The predicted octanol–water partition coefficient (Wildman–Crippen LogP) is 3.07. The lowest BCUT2D eigenvalue weighted by atomic mass is 10.2. The zero-order valence-corrected chi connectivity index (χ0v) is 10.5. The number of benzene rings is 1. The zero-order chi connectivity index (χ0) is 12.5. The van der Waals surface area contributed by atoms with E-state index in [1.54, 1.807) is 0 Å². The Bertz CT molecular complexity index is 544. The van der Waals surface area contributed by atoms with Gasteiger partial charge in [-0.05, 0) is 23.2 Å². The molecule has 0 amide bonds. The second-order valence-electron chi connectivity index (χ2n) is 3.08. The number of nitrogens with zero attached hydrogens (tertiary/aromatic N) is 3. The number of hydrogen-bond acceptors (Lipinski definition) is 5. The van der Waals surface area contributed by atoms with E-state index in [1.807, 2.05) is 30.3 Å². The second kappa shape index (κ2) is 4.56. The van der Waals surface area contributed by atoms with Crippen molar-refractivity contribution in [1.29, 1.82) is 0 Å². The Labute approximate surface area is 110 Å². The molecule has 0 N–H and O–H groups in total. The van der Waals surface area contributed by atoms with Crippen LogP contribution in [0.25, 0.3) is 10.6 Å². The Morgan fingerprint density at radius 3 is 2.47 bits per heavy atom. The molecule has 0 unspecified atom stereocenters. The summed E-state index contributed by atoms with van der Waals surface area (Å²) in [5.74, 6) is 0. The molecule has 0 aliphatic heterocycles.